The van der Waals surface area contributed by atoms with Crippen LogP contribution in [0.25, 0.3) is 0 Å². The molecular weight excluding hydrogens is 365 g/mol. The molecular formula is C15H16IN3O. The van der Waals surface area contributed by atoms with Crippen molar-refractivity contribution in [1.82, 2.24) is 0 Å². The molecule has 2 rings (SSSR count). The number of hydrogen-bond acceptors (Lipinski definition) is 3. The van der Waals surface area contributed by atoms with Gasteiger partial charge in [-0.25, -0.2) is 0 Å². The summed E-state index contributed by atoms with van der Waals surface area (Å²) < 4.78 is 1.09. The van der Waals surface area contributed by atoms with Crippen LogP contribution in [0, 0.1) is 3.57 Å². The lowest BCUT2D eigenvalue weighted by Gasteiger charge is -2.18. The summed E-state index contributed by atoms with van der Waals surface area (Å²) in [5.74, 6) is -0.143. The van der Waals surface area contributed by atoms with Crippen LogP contribution >= 0.6 is 22.6 Å². The minimum Gasteiger partial charge on any atom is -0.399 e. The number of carbonyl (C=O) groups is 1. The first-order valence-electron chi connectivity index (χ1n) is 6.11. The third-order valence-electron chi connectivity index (χ3n) is 2.86. The molecule has 0 bridgehead atoms. The van der Waals surface area contributed by atoms with Crippen molar-refractivity contribution in [3.8, 4) is 0 Å². The van der Waals surface area contributed by atoms with Crippen molar-refractivity contribution >= 4 is 45.6 Å². The van der Waals surface area contributed by atoms with Crippen LogP contribution < -0.4 is 16.0 Å². The number of amides is 1. The van der Waals surface area contributed by atoms with Gasteiger partial charge in [-0.15, -0.1) is 0 Å². The van der Waals surface area contributed by atoms with Gasteiger partial charge >= 0.3 is 0 Å². The lowest BCUT2D eigenvalue weighted by atomic mass is 10.2. The lowest BCUT2D eigenvalue weighted by Crippen LogP contribution is -2.17. The Morgan fingerprint density at radius 3 is 2.40 bits per heavy atom. The zero-order chi connectivity index (χ0) is 14.7. The predicted molar refractivity (Wildman–Crippen MR) is 92.3 cm³/mol. The Kier molecular flexibility index (Phi) is 4.49. The largest absolute Gasteiger partial charge is 0.399 e. The SMILES string of the molecule is CN(C)c1ccc(N)cc1NC(=O)c1ccc(I)cc1. The van der Waals surface area contributed by atoms with E-state index in [0.29, 0.717) is 16.9 Å². The number of rotatable bonds is 3. The Morgan fingerprint density at radius 1 is 1.15 bits per heavy atom. The molecule has 20 heavy (non-hydrogen) atoms. The standard InChI is InChI=1S/C15H16IN3O/c1-19(2)14-8-7-12(17)9-13(14)18-15(20)10-3-5-11(16)6-4-10/h3-9H,17H2,1-2H3,(H,18,20). The van der Waals surface area contributed by atoms with Crippen molar-refractivity contribution in [2.75, 3.05) is 30.0 Å². The van der Waals surface area contributed by atoms with Crippen molar-refractivity contribution in [2.24, 2.45) is 0 Å². The van der Waals surface area contributed by atoms with Gasteiger partial charge in [0.25, 0.3) is 5.91 Å². The van der Waals surface area contributed by atoms with E-state index < -0.39 is 0 Å². The highest BCUT2D eigenvalue weighted by atomic mass is 127. The van der Waals surface area contributed by atoms with Crippen molar-refractivity contribution in [3.63, 3.8) is 0 Å². The van der Waals surface area contributed by atoms with E-state index in [1.807, 2.05) is 43.3 Å². The maximum atomic E-state index is 12.2. The molecule has 4 nitrogen and oxygen atoms in total. The first kappa shape index (κ1) is 14.6. The normalized spacial score (nSPS) is 10.2. The van der Waals surface area contributed by atoms with Crippen LogP contribution in [0.5, 0.6) is 0 Å². The molecule has 0 fully saturated rings. The van der Waals surface area contributed by atoms with Gasteiger partial charge < -0.3 is 16.0 Å². The van der Waals surface area contributed by atoms with Crippen LogP contribution in [0.4, 0.5) is 17.1 Å². The minimum atomic E-state index is -0.143. The van der Waals surface area contributed by atoms with E-state index in [-0.39, 0.29) is 5.91 Å². The van der Waals surface area contributed by atoms with Gasteiger partial charge in [-0.3, -0.25) is 4.79 Å². The molecule has 0 radical (unpaired) electrons. The fourth-order valence-electron chi connectivity index (χ4n) is 1.84. The van der Waals surface area contributed by atoms with E-state index in [4.69, 9.17) is 5.73 Å². The summed E-state index contributed by atoms with van der Waals surface area (Å²) in [6.07, 6.45) is 0. The van der Waals surface area contributed by atoms with Crippen molar-refractivity contribution in [3.05, 3.63) is 51.6 Å². The van der Waals surface area contributed by atoms with Crippen molar-refractivity contribution in [1.29, 1.82) is 0 Å². The van der Waals surface area contributed by atoms with Crippen LogP contribution in [0.3, 0.4) is 0 Å². The van der Waals surface area contributed by atoms with E-state index in [9.17, 15) is 4.79 Å². The zero-order valence-corrected chi connectivity index (χ0v) is 13.5. The van der Waals surface area contributed by atoms with Gasteiger partial charge in [0.2, 0.25) is 0 Å². The average Bonchev–Trinajstić information content (AvgIpc) is 2.39. The molecule has 5 heteroatoms. The number of nitrogens with two attached hydrogens (primary N) is 1. The molecule has 0 spiro atoms. The van der Waals surface area contributed by atoms with Gasteiger partial charge in [0.05, 0.1) is 11.4 Å². The molecule has 2 aromatic rings. The van der Waals surface area contributed by atoms with Crippen LogP contribution in [-0.4, -0.2) is 20.0 Å². The second-order valence-corrected chi connectivity index (χ2v) is 5.88. The first-order chi connectivity index (χ1) is 9.47. The number of carbonyl (C=O) groups excluding carboxylic acids is 1. The number of anilines is 3. The van der Waals surface area contributed by atoms with Gasteiger partial charge in [0.15, 0.2) is 0 Å². The smallest absolute Gasteiger partial charge is 0.255 e. The second kappa shape index (κ2) is 6.13. The summed E-state index contributed by atoms with van der Waals surface area (Å²) in [4.78, 5) is 14.2. The molecule has 0 aliphatic carbocycles. The molecule has 0 saturated heterocycles. The van der Waals surface area contributed by atoms with Gasteiger partial charge in [0, 0.05) is 28.9 Å². The monoisotopic (exact) mass is 381 g/mol. The Balaban J connectivity index is 2.27. The van der Waals surface area contributed by atoms with Gasteiger partial charge in [-0.05, 0) is 65.1 Å². The molecule has 2 aromatic carbocycles. The Morgan fingerprint density at radius 2 is 1.80 bits per heavy atom. The fraction of sp³-hybridized carbons (Fsp3) is 0.133. The number of nitrogens with zero attached hydrogens (tertiary/aromatic N) is 1. The molecule has 3 N–H and O–H groups in total. The summed E-state index contributed by atoms with van der Waals surface area (Å²) in [5, 5.41) is 2.91. The topological polar surface area (TPSA) is 58.4 Å². The summed E-state index contributed by atoms with van der Waals surface area (Å²) >= 11 is 2.21. The molecule has 0 saturated carbocycles. The van der Waals surface area contributed by atoms with E-state index in [1.165, 1.54) is 0 Å². The number of nitrogen functional groups attached to an aromatic ring is 1. The van der Waals surface area contributed by atoms with E-state index >= 15 is 0 Å². The van der Waals surface area contributed by atoms with Gasteiger partial charge in [0.1, 0.15) is 0 Å². The van der Waals surface area contributed by atoms with E-state index in [0.717, 1.165) is 9.26 Å². The van der Waals surface area contributed by atoms with Crippen LogP contribution in [0.1, 0.15) is 10.4 Å². The number of benzene rings is 2. The molecule has 0 unspecified atom stereocenters. The molecule has 0 atom stereocenters. The first-order valence-corrected chi connectivity index (χ1v) is 7.19. The Bertz CT molecular complexity index is 624. The van der Waals surface area contributed by atoms with Crippen molar-refractivity contribution in [2.45, 2.75) is 0 Å². The molecule has 0 aromatic heterocycles. The van der Waals surface area contributed by atoms with Crippen LogP contribution in [0.15, 0.2) is 42.5 Å². The molecule has 104 valence electrons. The Labute approximate surface area is 132 Å². The highest BCUT2D eigenvalue weighted by Gasteiger charge is 2.10. The van der Waals surface area contributed by atoms with Gasteiger partial charge in [-0.2, -0.15) is 0 Å². The molecule has 0 aliphatic heterocycles. The highest BCUT2D eigenvalue weighted by molar-refractivity contribution is 14.1. The average molecular weight is 381 g/mol. The maximum absolute atomic E-state index is 12.2. The zero-order valence-electron chi connectivity index (χ0n) is 11.4. The predicted octanol–water partition coefficient (Wildman–Crippen LogP) is 3.19. The van der Waals surface area contributed by atoms with Crippen LogP contribution in [0.2, 0.25) is 0 Å². The summed E-state index contributed by atoms with van der Waals surface area (Å²) in [6, 6.07) is 12.9. The molecule has 0 aliphatic rings. The third-order valence-corrected chi connectivity index (χ3v) is 3.58. The molecule has 0 heterocycles. The van der Waals surface area contributed by atoms with Gasteiger partial charge in [-0.1, -0.05) is 0 Å². The van der Waals surface area contributed by atoms with Crippen molar-refractivity contribution < 1.29 is 4.79 Å². The highest BCUT2D eigenvalue weighted by Crippen LogP contribution is 2.27. The number of halogens is 1. The number of nitrogens with one attached hydrogen (secondary N) is 1. The third kappa shape index (κ3) is 3.41. The summed E-state index contributed by atoms with van der Waals surface area (Å²) in [6.45, 7) is 0. The fourth-order valence-corrected chi connectivity index (χ4v) is 2.20. The number of hydrogen-bond donors (Lipinski definition) is 2. The summed E-state index contributed by atoms with van der Waals surface area (Å²) in [5.41, 5.74) is 8.65. The Hall–Kier alpha value is -1.76. The lowest BCUT2D eigenvalue weighted by molar-refractivity contribution is 0.102. The quantitative estimate of drug-likeness (QED) is 0.634. The molecule has 1 amide bonds. The van der Waals surface area contributed by atoms with E-state index in [1.54, 1.807) is 18.2 Å². The van der Waals surface area contributed by atoms with Crippen LogP contribution in [-0.2, 0) is 0 Å². The second-order valence-electron chi connectivity index (χ2n) is 4.63. The maximum Gasteiger partial charge on any atom is 0.255 e. The van der Waals surface area contributed by atoms with E-state index in [2.05, 4.69) is 27.9 Å². The minimum absolute atomic E-state index is 0.143. The summed E-state index contributed by atoms with van der Waals surface area (Å²) in [7, 11) is 3.85.